The molecule has 2 N–H and O–H groups in total. The third-order valence-corrected chi connectivity index (χ3v) is 4.90. The fourth-order valence-corrected chi connectivity index (χ4v) is 3.10. The number of likely N-dealkylation sites (tertiary alicyclic amines) is 1. The summed E-state index contributed by atoms with van der Waals surface area (Å²) in [7, 11) is 0. The van der Waals surface area contributed by atoms with Gasteiger partial charge in [0.15, 0.2) is 0 Å². The van der Waals surface area contributed by atoms with Crippen LogP contribution in [0.15, 0.2) is 24.3 Å². The topological polar surface area (TPSA) is 52.6 Å². The Kier molecular flexibility index (Phi) is 4.45. The molecule has 1 unspecified atom stereocenters. The van der Waals surface area contributed by atoms with Gasteiger partial charge in [-0.15, -0.1) is 0 Å². The maximum absolute atomic E-state index is 13.0. The van der Waals surface area contributed by atoms with Crippen molar-refractivity contribution in [3.63, 3.8) is 0 Å². The van der Waals surface area contributed by atoms with Gasteiger partial charge in [-0.2, -0.15) is 0 Å². The highest BCUT2D eigenvalue weighted by Crippen LogP contribution is 2.44. The molecule has 1 aromatic carbocycles. The van der Waals surface area contributed by atoms with Crippen LogP contribution in [-0.2, 0) is 11.3 Å². The number of nitrogens with zero attached hydrogens (tertiary/aromatic N) is 1. The average Bonchev–Trinajstić information content (AvgIpc) is 3.18. The number of halogens is 1. The summed E-state index contributed by atoms with van der Waals surface area (Å²) in [6.45, 7) is 2.28. The molecule has 1 amide bonds. The Bertz CT molecular complexity index is 528. The first-order chi connectivity index (χ1) is 10.6. The van der Waals surface area contributed by atoms with Gasteiger partial charge < -0.3 is 10.4 Å². The number of carbonyl (C=O) groups is 1. The van der Waals surface area contributed by atoms with Crippen molar-refractivity contribution in [1.29, 1.82) is 0 Å². The van der Waals surface area contributed by atoms with Gasteiger partial charge in [-0.3, -0.25) is 9.69 Å². The average molecular weight is 306 g/mol. The van der Waals surface area contributed by atoms with E-state index in [0.29, 0.717) is 13.1 Å². The van der Waals surface area contributed by atoms with Crippen molar-refractivity contribution >= 4 is 5.91 Å². The number of aliphatic hydroxyl groups is 1. The molecule has 0 bridgehead atoms. The molecule has 120 valence electrons. The molecular formula is C17H23FN2O2. The van der Waals surface area contributed by atoms with Gasteiger partial charge in [0.25, 0.3) is 0 Å². The Morgan fingerprint density at radius 3 is 2.73 bits per heavy atom. The predicted molar refractivity (Wildman–Crippen MR) is 81.6 cm³/mol. The number of amides is 1. The van der Waals surface area contributed by atoms with Gasteiger partial charge in [-0.1, -0.05) is 12.1 Å². The Morgan fingerprint density at radius 2 is 2.09 bits per heavy atom. The van der Waals surface area contributed by atoms with E-state index in [-0.39, 0.29) is 29.8 Å². The second kappa shape index (κ2) is 6.34. The summed E-state index contributed by atoms with van der Waals surface area (Å²) in [5, 5.41) is 12.3. The lowest BCUT2D eigenvalue weighted by atomic mass is 10.1. The number of aliphatic hydroxyl groups excluding tert-OH is 1. The molecule has 2 fully saturated rings. The van der Waals surface area contributed by atoms with Crippen LogP contribution in [-0.4, -0.2) is 41.7 Å². The van der Waals surface area contributed by atoms with Crippen molar-refractivity contribution in [2.24, 2.45) is 5.41 Å². The monoisotopic (exact) mass is 306 g/mol. The lowest BCUT2D eigenvalue weighted by Crippen LogP contribution is -2.45. The van der Waals surface area contributed by atoms with Crippen molar-refractivity contribution in [1.82, 2.24) is 10.2 Å². The molecule has 1 saturated carbocycles. The Hall–Kier alpha value is -1.46. The third-order valence-electron chi connectivity index (χ3n) is 4.90. The highest BCUT2D eigenvalue weighted by Gasteiger charge is 2.42. The van der Waals surface area contributed by atoms with E-state index in [1.807, 2.05) is 0 Å². The van der Waals surface area contributed by atoms with E-state index in [1.165, 1.54) is 12.1 Å². The Morgan fingerprint density at radius 1 is 1.36 bits per heavy atom. The maximum Gasteiger partial charge on any atom is 0.237 e. The van der Waals surface area contributed by atoms with E-state index in [1.54, 1.807) is 12.1 Å². The lowest BCUT2D eigenvalue weighted by molar-refractivity contribution is -0.126. The quantitative estimate of drug-likeness (QED) is 0.841. The second-order valence-electron chi connectivity index (χ2n) is 6.63. The summed E-state index contributed by atoms with van der Waals surface area (Å²) in [6.07, 6.45) is 3.85. The van der Waals surface area contributed by atoms with Crippen LogP contribution < -0.4 is 5.32 Å². The summed E-state index contributed by atoms with van der Waals surface area (Å²) >= 11 is 0. The van der Waals surface area contributed by atoms with Crippen LogP contribution in [0.4, 0.5) is 4.39 Å². The first kappa shape index (κ1) is 15.4. The minimum Gasteiger partial charge on any atom is -0.396 e. The smallest absolute Gasteiger partial charge is 0.237 e. The zero-order valence-electron chi connectivity index (χ0n) is 12.7. The molecule has 1 aliphatic carbocycles. The fraction of sp³-hybridized carbons (Fsp3) is 0.588. The summed E-state index contributed by atoms with van der Waals surface area (Å²) < 4.78 is 13.0. The fourth-order valence-electron chi connectivity index (χ4n) is 3.10. The maximum atomic E-state index is 13.0. The van der Waals surface area contributed by atoms with E-state index in [9.17, 15) is 14.3 Å². The first-order valence-corrected chi connectivity index (χ1v) is 7.99. The molecule has 0 spiro atoms. The van der Waals surface area contributed by atoms with Crippen molar-refractivity contribution in [3.8, 4) is 0 Å². The van der Waals surface area contributed by atoms with Crippen molar-refractivity contribution < 1.29 is 14.3 Å². The zero-order chi connectivity index (χ0) is 15.6. The van der Waals surface area contributed by atoms with Crippen molar-refractivity contribution in [3.05, 3.63) is 35.6 Å². The van der Waals surface area contributed by atoms with E-state index in [0.717, 1.165) is 37.8 Å². The van der Waals surface area contributed by atoms with E-state index < -0.39 is 0 Å². The highest BCUT2D eigenvalue weighted by molar-refractivity contribution is 5.82. The van der Waals surface area contributed by atoms with E-state index in [2.05, 4.69) is 10.2 Å². The summed E-state index contributed by atoms with van der Waals surface area (Å²) in [5.41, 5.74) is 0.964. The molecule has 1 heterocycles. The summed E-state index contributed by atoms with van der Waals surface area (Å²) in [5.74, 6) is -0.183. The standard InChI is InChI=1S/C17H23FN2O2/c18-14-5-3-13(4-6-14)10-20-9-1-2-15(20)16(22)19-11-17(12-21)7-8-17/h3-6,15,21H,1-2,7-12H2,(H,19,22). The molecule has 0 aromatic heterocycles. The van der Waals surface area contributed by atoms with Gasteiger partial charge in [-0.05, 0) is 49.9 Å². The van der Waals surface area contributed by atoms with Gasteiger partial charge in [0.2, 0.25) is 5.91 Å². The highest BCUT2D eigenvalue weighted by atomic mass is 19.1. The van der Waals surface area contributed by atoms with Crippen LogP contribution in [0.2, 0.25) is 0 Å². The van der Waals surface area contributed by atoms with Crippen LogP contribution in [0.3, 0.4) is 0 Å². The number of hydrogen-bond acceptors (Lipinski definition) is 3. The molecule has 3 rings (SSSR count). The van der Waals surface area contributed by atoms with Crippen LogP contribution in [0.1, 0.15) is 31.2 Å². The van der Waals surface area contributed by atoms with E-state index >= 15 is 0 Å². The van der Waals surface area contributed by atoms with Crippen LogP contribution in [0, 0.1) is 11.2 Å². The Balaban J connectivity index is 1.55. The minimum atomic E-state index is -0.238. The van der Waals surface area contributed by atoms with Gasteiger partial charge >= 0.3 is 0 Å². The van der Waals surface area contributed by atoms with Crippen LogP contribution >= 0.6 is 0 Å². The predicted octanol–water partition coefficient (Wildman–Crippen LogP) is 1.68. The van der Waals surface area contributed by atoms with Crippen LogP contribution in [0.25, 0.3) is 0 Å². The van der Waals surface area contributed by atoms with Gasteiger partial charge in [0.05, 0.1) is 12.6 Å². The molecule has 2 aliphatic rings. The SMILES string of the molecule is O=C(NCC1(CO)CC1)C1CCCN1Cc1ccc(F)cc1. The summed E-state index contributed by atoms with van der Waals surface area (Å²) in [6, 6.07) is 6.35. The van der Waals surface area contributed by atoms with Crippen molar-refractivity contribution in [2.75, 3.05) is 19.7 Å². The Labute approximate surface area is 130 Å². The van der Waals surface area contributed by atoms with Gasteiger partial charge in [0, 0.05) is 18.5 Å². The second-order valence-corrected chi connectivity index (χ2v) is 6.63. The molecule has 1 saturated heterocycles. The number of hydrogen-bond donors (Lipinski definition) is 2. The minimum absolute atomic E-state index is 0.0549. The lowest BCUT2D eigenvalue weighted by Gasteiger charge is -2.24. The normalized spacial score (nSPS) is 23.5. The molecule has 22 heavy (non-hydrogen) atoms. The van der Waals surface area contributed by atoms with Gasteiger partial charge in [0.1, 0.15) is 5.82 Å². The van der Waals surface area contributed by atoms with Crippen LogP contribution in [0.5, 0.6) is 0 Å². The molecule has 1 aliphatic heterocycles. The van der Waals surface area contributed by atoms with Crippen molar-refractivity contribution in [2.45, 2.75) is 38.3 Å². The molecule has 1 aromatic rings. The molecule has 5 heteroatoms. The van der Waals surface area contributed by atoms with E-state index in [4.69, 9.17) is 0 Å². The molecule has 0 radical (unpaired) electrons. The molecular weight excluding hydrogens is 283 g/mol. The number of carbonyl (C=O) groups excluding carboxylic acids is 1. The largest absolute Gasteiger partial charge is 0.396 e. The number of rotatable bonds is 6. The van der Waals surface area contributed by atoms with Gasteiger partial charge in [-0.25, -0.2) is 4.39 Å². The number of nitrogens with one attached hydrogen (secondary N) is 1. The third kappa shape index (κ3) is 3.47. The zero-order valence-corrected chi connectivity index (χ0v) is 12.7. The first-order valence-electron chi connectivity index (χ1n) is 7.99. The number of benzene rings is 1. The molecule has 4 nitrogen and oxygen atoms in total. The molecule has 1 atom stereocenters. The summed E-state index contributed by atoms with van der Waals surface area (Å²) in [4.78, 5) is 14.5.